The fourth-order valence-corrected chi connectivity index (χ4v) is 4.26. The van der Waals surface area contributed by atoms with Crippen LogP contribution < -0.4 is 4.31 Å². The van der Waals surface area contributed by atoms with Crippen LogP contribution in [-0.2, 0) is 10.0 Å². The second-order valence-electron chi connectivity index (χ2n) is 6.11. The maximum Gasteiger partial charge on any atom is 0.231 e. The van der Waals surface area contributed by atoms with Crippen molar-refractivity contribution in [3.8, 4) is 17.3 Å². The summed E-state index contributed by atoms with van der Waals surface area (Å²) in [5.41, 5.74) is 4.25. The fourth-order valence-electron chi connectivity index (χ4n) is 2.88. The summed E-state index contributed by atoms with van der Waals surface area (Å²) in [4.78, 5) is 4.63. The maximum atomic E-state index is 11.6. The number of hydrogen-bond acceptors (Lipinski definition) is 5. The summed E-state index contributed by atoms with van der Waals surface area (Å²) in [6.45, 7) is 0. The minimum atomic E-state index is -3.28. The van der Waals surface area contributed by atoms with Gasteiger partial charge in [-0.15, -0.1) is 11.3 Å². The second kappa shape index (κ2) is 6.98. The van der Waals surface area contributed by atoms with E-state index in [4.69, 9.17) is 0 Å². The van der Waals surface area contributed by atoms with Crippen molar-refractivity contribution in [2.45, 2.75) is 25.7 Å². The number of thiazole rings is 1. The van der Waals surface area contributed by atoms with E-state index < -0.39 is 10.0 Å². The third-order valence-corrected chi connectivity index (χ3v) is 6.48. The topological polar surface area (TPSA) is 74.1 Å². The maximum absolute atomic E-state index is 11.6. The highest BCUT2D eigenvalue weighted by Crippen LogP contribution is 2.34. The summed E-state index contributed by atoms with van der Waals surface area (Å²) in [6, 6.07) is 9.54. The van der Waals surface area contributed by atoms with Gasteiger partial charge in [0.25, 0.3) is 0 Å². The average Bonchev–Trinajstić information content (AvgIpc) is 3.27. The highest BCUT2D eigenvalue weighted by Gasteiger charge is 2.17. The molecule has 0 spiro atoms. The van der Waals surface area contributed by atoms with Crippen molar-refractivity contribution >= 4 is 32.6 Å². The van der Waals surface area contributed by atoms with Crippen LogP contribution in [0.3, 0.4) is 0 Å². The van der Waals surface area contributed by atoms with Gasteiger partial charge in [0.2, 0.25) is 10.0 Å². The Morgan fingerprint density at radius 1 is 1.24 bits per heavy atom. The van der Waals surface area contributed by atoms with E-state index in [9.17, 15) is 13.7 Å². The van der Waals surface area contributed by atoms with E-state index in [1.165, 1.54) is 34.5 Å². The highest BCUT2D eigenvalue weighted by atomic mass is 32.2. The van der Waals surface area contributed by atoms with Crippen molar-refractivity contribution in [2.24, 2.45) is 0 Å². The van der Waals surface area contributed by atoms with Gasteiger partial charge in [-0.05, 0) is 43.4 Å². The van der Waals surface area contributed by atoms with Crippen molar-refractivity contribution in [2.75, 3.05) is 17.6 Å². The normalized spacial score (nSPS) is 14.4. The lowest BCUT2D eigenvalue weighted by molar-refractivity contribution is 0.600. The van der Waals surface area contributed by atoms with Gasteiger partial charge in [0, 0.05) is 18.0 Å². The van der Waals surface area contributed by atoms with Gasteiger partial charge in [-0.1, -0.05) is 12.1 Å². The first-order valence-electron chi connectivity index (χ1n) is 8.02. The fraction of sp³-hybridized carbons (Fsp3) is 0.333. The molecule has 1 aliphatic carbocycles. The molecule has 1 aliphatic rings. The zero-order valence-corrected chi connectivity index (χ0v) is 15.8. The third-order valence-electron chi connectivity index (χ3n) is 4.41. The Kier molecular flexibility index (Phi) is 4.93. The molecule has 0 atom stereocenters. The van der Waals surface area contributed by atoms with Crippen molar-refractivity contribution < 1.29 is 8.42 Å². The SMILES string of the molecule is CN(c1ccc(-c2csc(C(C#N)=C3CCCC3)n2)cc1)S(C)(=O)=O. The van der Waals surface area contributed by atoms with Crippen molar-refractivity contribution in [1.29, 1.82) is 5.26 Å². The van der Waals surface area contributed by atoms with Crippen LogP contribution in [-0.4, -0.2) is 26.7 Å². The number of aromatic nitrogens is 1. The number of benzene rings is 1. The van der Waals surface area contributed by atoms with Crippen LogP contribution in [0.5, 0.6) is 0 Å². The molecule has 1 heterocycles. The zero-order chi connectivity index (χ0) is 18.0. The van der Waals surface area contributed by atoms with Gasteiger partial charge in [0.1, 0.15) is 11.1 Å². The van der Waals surface area contributed by atoms with Crippen molar-refractivity contribution in [1.82, 2.24) is 4.98 Å². The smallest absolute Gasteiger partial charge is 0.231 e. The Labute approximate surface area is 152 Å². The second-order valence-corrected chi connectivity index (χ2v) is 8.98. The van der Waals surface area contributed by atoms with Crippen molar-refractivity contribution in [3.63, 3.8) is 0 Å². The van der Waals surface area contributed by atoms with Crippen LogP contribution in [0, 0.1) is 11.3 Å². The lowest BCUT2D eigenvalue weighted by Crippen LogP contribution is -2.24. The predicted octanol–water partition coefficient (Wildman–Crippen LogP) is 4.06. The lowest BCUT2D eigenvalue weighted by Gasteiger charge is -2.16. The first-order chi connectivity index (χ1) is 11.9. The first-order valence-corrected chi connectivity index (χ1v) is 10.8. The van der Waals surface area contributed by atoms with Gasteiger partial charge < -0.3 is 0 Å². The van der Waals surface area contributed by atoms with Crippen LogP contribution in [0.1, 0.15) is 30.7 Å². The standard InChI is InChI=1S/C18H19N3O2S2/c1-21(25(2,22)23)15-9-7-14(8-10-15)17-12-24-18(20-17)16(11-19)13-5-3-4-6-13/h7-10,12H,3-6H2,1-2H3. The molecule has 7 heteroatoms. The number of allylic oxidation sites excluding steroid dienone is 2. The van der Waals surface area contributed by atoms with Gasteiger partial charge in [-0.3, -0.25) is 4.31 Å². The molecular weight excluding hydrogens is 354 g/mol. The molecule has 0 aliphatic heterocycles. The zero-order valence-electron chi connectivity index (χ0n) is 14.2. The Balaban J connectivity index is 1.88. The molecule has 0 radical (unpaired) electrons. The van der Waals surface area contributed by atoms with E-state index in [2.05, 4.69) is 11.1 Å². The number of hydrogen-bond donors (Lipinski definition) is 0. The predicted molar refractivity (Wildman–Crippen MR) is 102 cm³/mol. The number of nitrogens with zero attached hydrogens (tertiary/aromatic N) is 3. The largest absolute Gasteiger partial charge is 0.274 e. The molecule has 1 aromatic carbocycles. The average molecular weight is 374 g/mol. The molecule has 0 saturated heterocycles. The summed E-state index contributed by atoms with van der Waals surface area (Å²) in [7, 11) is -1.75. The molecule has 3 rings (SSSR count). The van der Waals surface area contributed by atoms with Crippen LogP contribution in [0.15, 0.2) is 35.2 Å². The van der Waals surface area contributed by atoms with Crippen LogP contribution in [0.25, 0.3) is 16.8 Å². The molecular formula is C18H19N3O2S2. The van der Waals surface area contributed by atoms with E-state index in [1.807, 2.05) is 17.5 Å². The summed E-state index contributed by atoms with van der Waals surface area (Å²) in [5, 5.41) is 12.2. The third kappa shape index (κ3) is 3.75. The summed E-state index contributed by atoms with van der Waals surface area (Å²) in [5.74, 6) is 0. The molecule has 130 valence electrons. The Bertz CT molecular complexity index is 943. The quantitative estimate of drug-likeness (QED) is 0.758. The number of rotatable bonds is 4. The molecule has 0 amide bonds. The van der Waals surface area contributed by atoms with Gasteiger partial charge in [0.05, 0.1) is 23.2 Å². The summed E-state index contributed by atoms with van der Waals surface area (Å²) >= 11 is 1.48. The molecule has 0 unspecified atom stereocenters. The molecule has 0 bridgehead atoms. The number of sulfonamides is 1. The Hall–Kier alpha value is -2.17. The number of nitriles is 1. The Morgan fingerprint density at radius 2 is 1.88 bits per heavy atom. The van der Waals surface area contributed by atoms with Gasteiger partial charge in [-0.2, -0.15) is 5.26 Å². The van der Waals surface area contributed by atoms with Crippen LogP contribution in [0.4, 0.5) is 5.69 Å². The summed E-state index contributed by atoms with van der Waals surface area (Å²) < 4.78 is 24.4. The van der Waals surface area contributed by atoms with E-state index >= 15 is 0 Å². The lowest BCUT2D eigenvalue weighted by atomic mass is 10.1. The summed E-state index contributed by atoms with van der Waals surface area (Å²) in [6.07, 6.45) is 5.45. The van der Waals surface area contributed by atoms with E-state index in [-0.39, 0.29) is 0 Å². The highest BCUT2D eigenvalue weighted by molar-refractivity contribution is 7.92. The number of anilines is 1. The van der Waals surface area contributed by atoms with E-state index in [1.54, 1.807) is 12.1 Å². The molecule has 1 fully saturated rings. The van der Waals surface area contributed by atoms with E-state index in [0.717, 1.165) is 47.5 Å². The first kappa shape index (κ1) is 17.6. The van der Waals surface area contributed by atoms with Crippen LogP contribution in [0.2, 0.25) is 0 Å². The van der Waals surface area contributed by atoms with E-state index in [0.29, 0.717) is 5.69 Å². The monoisotopic (exact) mass is 373 g/mol. The molecule has 1 saturated carbocycles. The molecule has 0 N–H and O–H groups in total. The van der Waals surface area contributed by atoms with Crippen LogP contribution >= 0.6 is 11.3 Å². The molecule has 2 aromatic rings. The van der Waals surface area contributed by atoms with Gasteiger partial charge >= 0.3 is 0 Å². The Morgan fingerprint density at radius 3 is 2.44 bits per heavy atom. The minimum Gasteiger partial charge on any atom is -0.274 e. The van der Waals surface area contributed by atoms with Gasteiger partial charge in [-0.25, -0.2) is 13.4 Å². The van der Waals surface area contributed by atoms with Crippen molar-refractivity contribution in [3.05, 3.63) is 40.2 Å². The molecule has 5 nitrogen and oxygen atoms in total. The molecule has 25 heavy (non-hydrogen) atoms. The minimum absolute atomic E-state index is 0.604. The van der Waals surface area contributed by atoms with Gasteiger partial charge in [0.15, 0.2) is 0 Å². The molecule has 1 aromatic heterocycles.